The second-order valence-electron chi connectivity index (χ2n) is 4.77. The highest BCUT2D eigenvalue weighted by Gasteiger charge is 2.26. The topological polar surface area (TPSA) is 58.3 Å². The molecule has 0 aromatic carbocycles. The first-order chi connectivity index (χ1) is 8.13. The molecule has 1 aliphatic rings. The Balaban J connectivity index is 2.21. The van der Waals surface area contributed by atoms with Crippen molar-refractivity contribution in [1.29, 1.82) is 0 Å². The van der Waals surface area contributed by atoms with Crippen LogP contribution in [0, 0.1) is 0 Å². The highest BCUT2D eigenvalue weighted by Crippen LogP contribution is 2.26. The van der Waals surface area contributed by atoms with Crippen LogP contribution in [0.1, 0.15) is 18.9 Å². The van der Waals surface area contributed by atoms with Gasteiger partial charge in [0, 0.05) is 24.7 Å². The Hall–Kier alpha value is -1.36. The summed E-state index contributed by atoms with van der Waals surface area (Å²) >= 11 is 0. The van der Waals surface area contributed by atoms with Crippen molar-refractivity contribution >= 4 is 11.6 Å². The monoisotopic (exact) mass is 235 g/mol. The number of hydrogen-bond donors (Lipinski definition) is 1. The van der Waals surface area contributed by atoms with Gasteiger partial charge >= 0.3 is 0 Å². The van der Waals surface area contributed by atoms with Crippen LogP contribution in [0.4, 0.5) is 11.6 Å². The second-order valence-corrected chi connectivity index (χ2v) is 4.77. The number of nitrogens with zero attached hydrogens (tertiary/aromatic N) is 4. The van der Waals surface area contributed by atoms with Crippen LogP contribution in [0.3, 0.4) is 0 Å². The van der Waals surface area contributed by atoms with E-state index in [4.69, 9.17) is 5.73 Å². The molecule has 1 fully saturated rings. The van der Waals surface area contributed by atoms with Gasteiger partial charge in [-0.2, -0.15) is 0 Å². The Kier molecular flexibility index (Phi) is 3.47. The Labute approximate surface area is 103 Å². The molecule has 94 valence electrons. The molecule has 0 saturated carbocycles. The zero-order valence-electron chi connectivity index (χ0n) is 10.8. The second kappa shape index (κ2) is 4.87. The fourth-order valence-electron chi connectivity index (χ4n) is 2.38. The predicted octanol–water partition coefficient (Wildman–Crippen LogP) is 0.762. The largest absolute Gasteiger partial charge is 0.383 e. The number of nitrogens with two attached hydrogens (primary N) is 1. The fourth-order valence-corrected chi connectivity index (χ4v) is 2.38. The summed E-state index contributed by atoms with van der Waals surface area (Å²) < 4.78 is 0. The Bertz CT molecular complexity index is 390. The van der Waals surface area contributed by atoms with Gasteiger partial charge in [-0.1, -0.05) is 6.92 Å². The van der Waals surface area contributed by atoms with Crippen LogP contribution in [-0.4, -0.2) is 48.1 Å². The highest BCUT2D eigenvalue weighted by atomic mass is 15.3. The number of nitrogen functional groups attached to an aromatic ring is 1. The molecular formula is C12H21N5. The molecule has 5 nitrogen and oxygen atoms in total. The van der Waals surface area contributed by atoms with Crippen LogP contribution < -0.4 is 10.6 Å². The van der Waals surface area contributed by atoms with Crippen LogP contribution in [0.15, 0.2) is 6.33 Å². The maximum absolute atomic E-state index is 5.91. The molecule has 17 heavy (non-hydrogen) atoms. The number of anilines is 2. The van der Waals surface area contributed by atoms with E-state index in [1.54, 1.807) is 6.33 Å². The molecule has 0 aliphatic carbocycles. The summed E-state index contributed by atoms with van der Waals surface area (Å²) in [6, 6.07) is 0.607. The lowest BCUT2D eigenvalue weighted by Crippen LogP contribution is -2.32. The van der Waals surface area contributed by atoms with Crippen molar-refractivity contribution in [2.75, 3.05) is 37.8 Å². The fraction of sp³-hybridized carbons (Fsp3) is 0.667. The van der Waals surface area contributed by atoms with Crippen molar-refractivity contribution in [3.63, 3.8) is 0 Å². The van der Waals surface area contributed by atoms with Crippen LogP contribution in [0.25, 0.3) is 0 Å². The molecule has 1 saturated heterocycles. The van der Waals surface area contributed by atoms with Crippen LogP contribution in [0.2, 0.25) is 0 Å². The third-order valence-electron chi connectivity index (χ3n) is 3.50. The number of aromatic nitrogens is 2. The molecule has 0 spiro atoms. The summed E-state index contributed by atoms with van der Waals surface area (Å²) in [4.78, 5) is 13.1. The van der Waals surface area contributed by atoms with Gasteiger partial charge in [-0.25, -0.2) is 9.97 Å². The van der Waals surface area contributed by atoms with Gasteiger partial charge in [0.2, 0.25) is 0 Å². The summed E-state index contributed by atoms with van der Waals surface area (Å²) in [6.07, 6.45) is 3.62. The maximum atomic E-state index is 5.91. The first kappa shape index (κ1) is 12.1. The smallest absolute Gasteiger partial charge is 0.137 e. The Morgan fingerprint density at radius 1 is 1.47 bits per heavy atom. The van der Waals surface area contributed by atoms with E-state index in [1.165, 1.54) is 6.42 Å². The summed E-state index contributed by atoms with van der Waals surface area (Å²) in [6.45, 7) is 4.17. The molecular weight excluding hydrogens is 214 g/mol. The summed E-state index contributed by atoms with van der Waals surface area (Å²) in [5.74, 6) is 1.63. The summed E-state index contributed by atoms with van der Waals surface area (Å²) in [5, 5.41) is 0. The van der Waals surface area contributed by atoms with Crippen molar-refractivity contribution in [2.45, 2.75) is 25.8 Å². The van der Waals surface area contributed by atoms with Crippen molar-refractivity contribution < 1.29 is 0 Å². The Morgan fingerprint density at radius 3 is 2.82 bits per heavy atom. The highest BCUT2D eigenvalue weighted by molar-refractivity contribution is 5.57. The molecule has 2 heterocycles. The zero-order valence-corrected chi connectivity index (χ0v) is 10.8. The lowest BCUT2D eigenvalue weighted by atomic mass is 10.2. The van der Waals surface area contributed by atoms with Gasteiger partial charge in [0.15, 0.2) is 0 Å². The van der Waals surface area contributed by atoms with Gasteiger partial charge in [0.1, 0.15) is 18.0 Å². The van der Waals surface area contributed by atoms with E-state index in [0.717, 1.165) is 30.9 Å². The number of rotatable bonds is 3. The van der Waals surface area contributed by atoms with E-state index < -0.39 is 0 Å². The molecule has 1 aliphatic heterocycles. The third-order valence-corrected chi connectivity index (χ3v) is 3.50. The lowest BCUT2D eigenvalue weighted by molar-refractivity contribution is 0.315. The SMILES string of the molecule is CCc1c(N)ncnc1N1CCC(N(C)C)C1. The minimum atomic E-state index is 0.607. The predicted molar refractivity (Wildman–Crippen MR) is 70.1 cm³/mol. The van der Waals surface area contributed by atoms with Crippen molar-refractivity contribution in [3.8, 4) is 0 Å². The van der Waals surface area contributed by atoms with Gasteiger partial charge in [0.05, 0.1) is 0 Å². The molecule has 5 heteroatoms. The van der Waals surface area contributed by atoms with E-state index in [-0.39, 0.29) is 0 Å². The van der Waals surface area contributed by atoms with Crippen molar-refractivity contribution in [3.05, 3.63) is 11.9 Å². The molecule has 2 N–H and O–H groups in total. The summed E-state index contributed by atoms with van der Waals surface area (Å²) in [7, 11) is 4.26. The van der Waals surface area contributed by atoms with Crippen molar-refractivity contribution in [2.24, 2.45) is 0 Å². The maximum Gasteiger partial charge on any atom is 0.137 e. The van der Waals surface area contributed by atoms with Gasteiger partial charge in [-0.3, -0.25) is 0 Å². The first-order valence-corrected chi connectivity index (χ1v) is 6.14. The lowest BCUT2D eigenvalue weighted by Gasteiger charge is -2.22. The number of likely N-dealkylation sites (N-methyl/N-ethyl adjacent to an activating group) is 1. The molecule has 1 unspecified atom stereocenters. The first-order valence-electron chi connectivity index (χ1n) is 6.14. The minimum absolute atomic E-state index is 0.607. The molecule has 1 atom stereocenters. The van der Waals surface area contributed by atoms with Gasteiger partial charge in [-0.05, 0) is 26.9 Å². The van der Waals surface area contributed by atoms with E-state index in [1.807, 2.05) is 0 Å². The number of hydrogen-bond acceptors (Lipinski definition) is 5. The Morgan fingerprint density at radius 2 is 2.24 bits per heavy atom. The van der Waals surface area contributed by atoms with Crippen LogP contribution in [-0.2, 0) is 6.42 Å². The van der Waals surface area contributed by atoms with E-state index >= 15 is 0 Å². The van der Waals surface area contributed by atoms with E-state index in [2.05, 4.69) is 40.8 Å². The molecule has 1 aromatic heterocycles. The van der Waals surface area contributed by atoms with Gasteiger partial charge < -0.3 is 15.5 Å². The van der Waals surface area contributed by atoms with Gasteiger partial charge in [0.25, 0.3) is 0 Å². The van der Waals surface area contributed by atoms with Gasteiger partial charge in [-0.15, -0.1) is 0 Å². The molecule has 0 bridgehead atoms. The molecule has 0 amide bonds. The van der Waals surface area contributed by atoms with Crippen LogP contribution >= 0.6 is 0 Å². The van der Waals surface area contributed by atoms with Crippen molar-refractivity contribution in [1.82, 2.24) is 14.9 Å². The molecule has 2 rings (SSSR count). The third kappa shape index (κ3) is 2.34. The summed E-state index contributed by atoms with van der Waals surface area (Å²) in [5.41, 5.74) is 6.98. The molecule has 1 aromatic rings. The average Bonchev–Trinajstić information content (AvgIpc) is 2.77. The minimum Gasteiger partial charge on any atom is -0.383 e. The normalized spacial score (nSPS) is 20.2. The quantitative estimate of drug-likeness (QED) is 0.838. The van der Waals surface area contributed by atoms with E-state index in [9.17, 15) is 0 Å². The standard InChI is InChI=1S/C12H21N5/c1-4-10-11(13)14-8-15-12(10)17-6-5-9(7-17)16(2)3/h8-9H,4-7H2,1-3H3,(H2,13,14,15). The van der Waals surface area contributed by atoms with Crippen LogP contribution in [0.5, 0.6) is 0 Å². The van der Waals surface area contributed by atoms with E-state index in [0.29, 0.717) is 11.9 Å². The zero-order chi connectivity index (χ0) is 12.4. The molecule has 0 radical (unpaired) electrons. The average molecular weight is 235 g/mol.